The van der Waals surface area contributed by atoms with E-state index < -0.39 is 0 Å². The van der Waals surface area contributed by atoms with E-state index in [2.05, 4.69) is 25.1 Å². The van der Waals surface area contributed by atoms with Crippen LogP contribution in [-0.2, 0) is 6.42 Å². The average molecular weight is 233 g/mol. The van der Waals surface area contributed by atoms with Crippen LogP contribution in [-0.4, -0.2) is 13.2 Å². The van der Waals surface area contributed by atoms with Crippen molar-refractivity contribution in [1.29, 1.82) is 0 Å². The molecule has 1 unspecified atom stereocenters. The third-order valence-corrected chi connectivity index (χ3v) is 3.65. The molecule has 0 aliphatic heterocycles. The molecular weight excluding hydrogens is 210 g/mol. The van der Waals surface area contributed by atoms with E-state index in [1.807, 2.05) is 0 Å². The largest absolute Gasteiger partial charge is 0.496 e. The van der Waals surface area contributed by atoms with E-state index in [4.69, 9.17) is 10.5 Å². The zero-order valence-electron chi connectivity index (χ0n) is 10.9. The first kappa shape index (κ1) is 12.4. The number of nitrogens with two attached hydrogens (primary N) is 1. The van der Waals surface area contributed by atoms with Gasteiger partial charge in [-0.05, 0) is 56.6 Å². The Kier molecular flexibility index (Phi) is 4.06. The van der Waals surface area contributed by atoms with Gasteiger partial charge in [0.25, 0.3) is 0 Å². The Labute approximate surface area is 104 Å². The highest BCUT2D eigenvalue weighted by molar-refractivity contribution is 5.36. The maximum absolute atomic E-state index is 6.11. The summed E-state index contributed by atoms with van der Waals surface area (Å²) in [6.07, 6.45) is 6.06. The van der Waals surface area contributed by atoms with Crippen LogP contribution in [0.15, 0.2) is 18.2 Å². The number of rotatable bonds is 6. The Morgan fingerprint density at radius 3 is 2.82 bits per heavy atom. The molecule has 0 heterocycles. The van der Waals surface area contributed by atoms with Gasteiger partial charge in [-0.15, -0.1) is 0 Å². The maximum Gasteiger partial charge on any atom is 0.122 e. The van der Waals surface area contributed by atoms with E-state index in [-0.39, 0.29) is 0 Å². The van der Waals surface area contributed by atoms with Gasteiger partial charge < -0.3 is 10.5 Å². The van der Waals surface area contributed by atoms with E-state index in [9.17, 15) is 0 Å². The summed E-state index contributed by atoms with van der Waals surface area (Å²) in [5.74, 6) is 1.82. The maximum atomic E-state index is 6.11. The summed E-state index contributed by atoms with van der Waals surface area (Å²) >= 11 is 0. The lowest BCUT2D eigenvalue weighted by atomic mass is 10.0. The number of ether oxygens (including phenoxy) is 1. The fourth-order valence-electron chi connectivity index (χ4n) is 2.39. The zero-order chi connectivity index (χ0) is 12.3. The Hall–Kier alpha value is -1.02. The Morgan fingerprint density at radius 2 is 2.18 bits per heavy atom. The number of benzene rings is 1. The average Bonchev–Trinajstić information content (AvgIpc) is 3.13. The molecule has 0 bridgehead atoms. The summed E-state index contributed by atoms with van der Waals surface area (Å²) in [7, 11) is 1.74. The molecule has 0 spiro atoms. The van der Waals surface area contributed by atoms with Crippen LogP contribution in [0.5, 0.6) is 5.75 Å². The summed E-state index contributed by atoms with van der Waals surface area (Å²) in [5, 5.41) is 0. The van der Waals surface area contributed by atoms with Gasteiger partial charge in [0.05, 0.1) is 7.11 Å². The molecule has 1 aromatic carbocycles. The standard InChI is InChI=1S/C15H23NO/c1-11-6-9-15(17-2)13(10-11)4-3-5-14(16)12-7-8-12/h6,9-10,12,14H,3-5,7-8,16H2,1-2H3. The SMILES string of the molecule is COc1ccc(C)cc1CCCC(N)C1CC1. The molecule has 1 atom stereocenters. The second-order valence-corrected chi connectivity index (χ2v) is 5.21. The van der Waals surface area contributed by atoms with Crippen LogP contribution in [0.25, 0.3) is 0 Å². The predicted octanol–water partition coefficient (Wildman–Crippen LogP) is 3.06. The van der Waals surface area contributed by atoms with Gasteiger partial charge in [-0.3, -0.25) is 0 Å². The first-order valence-corrected chi connectivity index (χ1v) is 6.60. The van der Waals surface area contributed by atoms with E-state index in [1.165, 1.54) is 24.0 Å². The lowest BCUT2D eigenvalue weighted by Crippen LogP contribution is -2.22. The first-order chi connectivity index (χ1) is 8.20. The first-order valence-electron chi connectivity index (χ1n) is 6.60. The zero-order valence-corrected chi connectivity index (χ0v) is 10.9. The van der Waals surface area contributed by atoms with Gasteiger partial charge in [0.1, 0.15) is 5.75 Å². The molecule has 2 nitrogen and oxygen atoms in total. The lowest BCUT2D eigenvalue weighted by molar-refractivity contribution is 0.408. The van der Waals surface area contributed by atoms with Crippen molar-refractivity contribution in [3.63, 3.8) is 0 Å². The van der Waals surface area contributed by atoms with Crippen LogP contribution < -0.4 is 10.5 Å². The second kappa shape index (κ2) is 5.54. The minimum Gasteiger partial charge on any atom is -0.496 e. The van der Waals surface area contributed by atoms with Gasteiger partial charge >= 0.3 is 0 Å². The molecule has 0 amide bonds. The molecule has 1 fully saturated rings. The Balaban J connectivity index is 1.86. The minimum absolute atomic E-state index is 0.422. The minimum atomic E-state index is 0.422. The van der Waals surface area contributed by atoms with Crippen LogP contribution >= 0.6 is 0 Å². The summed E-state index contributed by atoms with van der Waals surface area (Å²) < 4.78 is 5.39. The van der Waals surface area contributed by atoms with Crippen molar-refractivity contribution in [2.45, 2.75) is 45.1 Å². The Bertz CT molecular complexity index is 371. The third kappa shape index (κ3) is 3.47. The molecule has 2 rings (SSSR count). The fraction of sp³-hybridized carbons (Fsp3) is 0.600. The second-order valence-electron chi connectivity index (χ2n) is 5.21. The number of methoxy groups -OCH3 is 1. The smallest absolute Gasteiger partial charge is 0.122 e. The molecule has 1 aliphatic carbocycles. The predicted molar refractivity (Wildman–Crippen MR) is 71.4 cm³/mol. The normalized spacial score (nSPS) is 16.9. The molecule has 17 heavy (non-hydrogen) atoms. The molecule has 1 saturated carbocycles. The van der Waals surface area contributed by atoms with E-state index in [0.29, 0.717) is 6.04 Å². The summed E-state index contributed by atoms with van der Waals surface area (Å²) in [5.41, 5.74) is 8.73. The van der Waals surface area contributed by atoms with Crippen molar-refractivity contribution in [3.05, 3.63) is 29.3 Å². The fourth-order valence-corrected chi connectivity index (χ4v) is 2.39. The molecule has 0 saturated heterocycles. The highest BCUT2D eigenvalue weighted by atomic mass is 16.5. The highest BCUT2D eigenvalue weighted by Crippen LogP contribution is 2.33. The van der Waals surface area contributed by atoms with Gasteiger partial charge in [-0.25, -0.2) is 0 Å². The van der Waals surface area contributed by atoms with Crippen LogP contribution in [0.2, 0.25) is 0 Å². The summed E-state index contributed by atoms with van der Waals surface area (Å²) in [6.45, 7) is 2.12. The van der Waals surface area contributed by atoms with Gasteiger partial charge in [0, 0.05) is 6.04 Å². The molecule has 1 aliphatic rings. The summed E-state index contributed by atoms with van der Waals surface area (Å²) in [6, 6.07) is 6.80. The van der Waals surface area contributed by atoms with Crippen molar-refractivity contribution in [2.75, 3.05) is 7.11 Å². The van der Waals surface area contributed by atoms with E-state index >= 15 is 0 Å². The topological polar surface area (TPSA) is 35.2 Å². The van der Waals surface area contributed by atoms with Gasteiger partial charge in [0.15, 0.2) is 0 Å². The van der Waals surface area contributed by atoms with Gasteiger partial charge in [-0.1, -0.05) is 17.7 Å². The van der Waals surface area contributed by atoms with Crippen LogP contribution in [0.4, 0.5) is 0 Å². The van der Waals surface area contributed by atoms with Crippen LogP contribution in [0, 0.1) is 12.8 Å². The number of aryl methyl sites for hydroxylation is 2. The van der Waals surface area contributed by atoms with E-state index in [1.54, 1.807) is 7.11 Å². The van der Waals surface area contributed by atoms with E-state index in [0.717, 1.165) is 30.9 Å². The van der Waals surface area contributed by atoms with Crippen molar-refractivity contribution < 1.29 is 4.74 Å². The Morgan fingerprint density at radius 1 is 1.41 bits per heavy atom. The van der Waals surface area contributed by atoms with Crippen molar-refractivity contribution >= 4 is 0 Å². The van der Waals surface area contributed by atoms with Crippen molar-refractivity contribution in [3.8, 4) is 5.75 Å². The molecule has 2 N–H and O–H groups in total. The van der Waals surface area contributed by atoms with Crippen LogP contribution in [0.3, 0.4) is 0 Å². The van der Waals surface area contributed by atoms with Crippen LogP contribution in [0.1, 0.15) is 36.8 Å². The van der Waals surface area contributed by atoms with Crippen molar-refractivity contribution in [2.24, 2.45) is 11.7 Å². The number of hydrogen-bond donors (Lipinski definition) is 1. The molecule has 0 radical (unpaired) electrons. The lowest BCUT2D eigenvalue weighted by Gasteiger charge is -2.12. The van der Waals surface area contributed by atoms with Gasteiger partial charge in [-0.2, -0.15) is 0 Å². The number of hydrogen-bond acceptors (Lipinski definition) is 2. The summed E-state index contributed by atoms with van der Waals surface area (Å²) in [4.78, 5) is 0. The molecular formula is C15H23NO. The quantitative estimate of drug-likeness (QED) is 0.819. The molecule has 2 heteroatoms. The monoisotopic (exact) mass is 233 g/mol. The van der Waals surface area contributed by atoms with Crippen molar-refractivity contribution in [1.82, 2.24) is 0 Å². The third-order valence-electron chi connectivity index (χ3n) is 3.65. The molecule has 1 aromatic rings. The molecule has 94 valence electrons. The highest BCUT2D eigenvalue weighted by Gasteiger charge is 2.27. The molecule has 0 aromatic heterocycles. The van der Waals surface area contributed by atoms with Gasteiger partial charge in [0.2, 0.25) is 0 Å².